The second kappa shape index (κ2) is 3.93. The number of likely N-dealkylation sites (tertiary alicyclic amines) is 1. The van der Waals surface area contributed by atoms with Crippen LogP contribution in [0.2, 0.25) is 0 Å². The minimum Gasteiger partial charge on any atom is -0.550 e. The molecule has 1 aromatic rings. The number of fused-ring (bicyclic) bond motifs is 1. The van der Waals surface area contributed by atoms with E-state index in [2.05, 4.69) is 0 Å². The molecule has 0 saturated carbocycles. The van der Waals surface area contributed by atoms with Gasteiger partial charge in [0.1, 0.15) is 5.60 Å². The Morgan fingerprint density at radius 2 is 2.45 bits per heavy atom. The van der Waals surface area contributed by atoms with Crippen molar-refractivity contribution in [3.8, 4) is 0 Å². The summed E-state index contributed by atoms with van der Waals surface area (Å²) in [5.74, 6) is -2.83. The van der Waals surface area contributed by atoms with Gasteiger partial charge in [-0.2, -0.15) is 0 Å². The summed E-state index contributed by atoms with van der Waals surface area (Å²) < 4.78 is 5.79. The van der Waals surface area contributed by atoms with Crippen molar-refractivity contribution in [2.75, 3.05) is 6.54 Å². The Morgan fingerprint density at radius 3 is 3.15 bits per heavy atom. The summed E-state index contributed by atoms with van der Waals surface area (Å²) in [6.45, 7) is 0.932. The van der Waals surface area contributed by atoms with Crippen molar-refractivity contribution in [1.29, 1.82) is 0 Å². The van der Waals surface area contributed by atoms with Gasteiger partial charge in [0.25, 0.3) is 0 Å². The number of carbonyl (C=O) groups is 2. The van der Waals surface area contributed by atoms with E-state index >= 15 is 0 Å². The average molecular weight is 290 g/mol. The zero-order chi connectivity index (χ0) is 13.9. The van der Waals surface area contributed by atoms with Crippen molar-refractivity contribution in [2.24, 2.45) is 11.8 Å². The molecule has 4 heterocycles. The summed E-state index contributed by atoms with van der Waals surface area (Å²) in [4.78, 5) is 26.6. The summed E-state index contributed by atoms with van der Waals surface area (Å²) in [6.07, 6.45) is 3.09. The number of rotatable bonds is 3. The maximum absolute atomic E-state index is 12.5. The summed E-state index contributed by atoms with van der Waals surface area (Å²) >= 11 is 1.58. The van der Waals surface area contributed by atoms with Gasteiger partial charge in [0.05, 0.1) is 25.1 Å². The van der Waals surface area contributed by atoms with Crippen LogP contribution in [0.25, 0.3) is 0 Å². The molecule has 0 N–H and O–H groups in total. The number of nitrogens with zero attached hydrogens (tertiary/aromatic N) is 1. The van der Waals surface area contributed by atoms with Crippen LogP contribution in [0.4, 0.5) is 0 Å². The second-order valence-electron chi connectivity index (χ2n) is 5.49. The van der Waals surface area contributed by atoms with Gasteiger partial charge in [-0.1, -0.05) is 18.2 Å². The summed E-state index contributed by atoms with van der Waals surface area (Å²) in [7, 11) is 0. The molecule has 1 amide bonds. The highest BCUT2D eigenvalue weighted by Crippen LogP contribution is 2.51. The molecule has 0 aliphatic carbocycles. The van der Waals surface area contributed by atoms with Crippen LogP contribution >= 0.6 is 11.3 Å². The predicted octanol–water partition coefficient (Wildman–Crippen LogP) is -0.220. The molecule has 2 saturated heterocycles. The number of ether oxygens (including phenoxy) is 1. The molecule has 0 unspecified atom stereocenters. The van der Waals surface area contributed by atoms with E-state index in [1.807, 2.05) is 23.6 Å². The Labute approximate surface area is 119 Å². The van der Waals surface area contributed by atoms with E-state index in [9.17, 15) is 14.7 Å². The molecule has 1 spiro atoms. The molecular weight excluding hydrogens is 278 g/mol. The molecular formula is C14H12NO4S-. The molecule has 1 aromatic heterocycles. The number of amides is 1. The number of aliphatic carboxylic acids is 1. The van der Waals surface area contributed by atoms with Crippen LogP contribution in [0.3, 0.4) is 0 Å². The Balaban J connectivity index is 1.65. The van der Waals surface area contributed by atoms with E-state index in [4.69, 9.17) is 4.74 Å². The van der Waals surface area contributed by atoms with Crippen molar-refractivity contribution >= 4 is 23.2 Å². The fraction of sp³-hybridized carbons (Fsp3) is 0.429. The Hall–Kier alpha value is -1.66. The van der Waals surface area contributed by atoms with E-state index in [0.29, 0.717) is 13.1 Å². The number of carboxylic acids is 1. The van der Waals surface area contributed by atoms with Gasteiger partial charge in [-0.05, 0) is 11.4 Å². The lowest BCUT2D eigenvalue weighted by molar-refractivity contribution is -0.313. The van der Waals surface area contributed by atoms with Crippen LogP contribution in [0.15, 0.2) is 29.7 Å². The molecule has 5 nitrogen and oxygen atoms in total. The molecule has 104 valence electrons. The zero-order valence-corrected chi connectivity index (χ0v) is 11.3. The number of carboxylic acid groups (broad SMARTS) is 1. The van der Waals surface area contributed by atoms with Gasteiger partial charge < -0.3 is 19.5 Å². The third-order valence-corrected chi connectivity index (χ3v) is 5.24. The zero-order valence-electron chi connectivity index (χ0n) is 10.5. The maximum atomic E-state index is 12.5. The van der Waals surface area contributed by atoms with Crippen LogP contribution in [-0.4, -0.2) is 35.0 Å². The predicted molar refractivity (Wildman–Crippen MR) is 68.5 cm³/mol. The minimum atomic E-state index is -1.20. The van der Waals surface area contributed by atoms with Crippen molar-refractivity contribution in [2.45, 2.75) is 18.2 Å². The van der Waals surface area contributed by atoms with Gasteiger partial charge in [-0.25, -0.2) is 0 Å². The summed E-state index contributed by atoms with van der Waals surface area (Å²) in [5.41, 5.74) is -0.760. The van der Waals surface area contributed by atoms with E-state index in [1.54, 1.807) is 22.3 Å². The van der Waals surface area contributed by atoms with Crippen LogP contribution < -0.4 is 5.11 Å². The highest BCUT2D eigenvalue weighted by atomic mass is 32.1. The Kier molecular flexibility index (Phi) is 2.38. The quantitative estimate of drug-likeness (QED) is 0.722. The lowest BCUT2D eigenvalue weighted by Gasteiger charge is -2.24. The normalized spacial score (nSPS) is 37.7. The Morgan fingerprint density at radius 1 is 1.60 bits per heavy atom. The van der Waals surface area contributed by atoms with Crippen LogP contribution in [0.5, 0.6) is 0 Å². The highest BCUT2D eigenvalue weighted by molar-refractivity contribution is 7.09. The molecule has 2 bridgehead atoms. The topological polar surface area (TPSA) is 69.7 Å². The van der Waals surface area contributed by atoms with Crippen molar-refractivity contribution < 1.29 is 19.4 Å². The van der Waals surface area contributed by atoms with Gasteiger partial charge in [0.2, 0.25) is 5.91 Å². The molecule has 0 radical (unpaired) electrons. The van der Waals surface area contributed by atoms with Crippen LogP contribution in [0.1, 0.15) is 4.88 Å². The fourth-order valence-electron chi connectivity index (χ4n) is 3.57. The van der Waals surface area contributed by atoms with Gasteiger partial charge in [0.15, 0.2) is 0 Å². The van der Waals surface area contributed by atoms with Crippen LogP contribution in [-0.2, 0) is 20.9 Å². The molecule has 3 aliphatic rings. The van der Waals surface area contributed by atoms with E-state index in [1.165, 1.54) is 0 Å². The van der Waals surface area contributed by atoms with Gasteiger partial charge in [-0.3, -0.25) is 4.79 Å². The van der Waals surface area contributed by atoms with Crippen molar-refractivity contribution in [3.63, 3.8) is 0 Å². The van der Waals surface area contributed by atoms with Gasteiger partial charge in [-0.15, -0.1) is 11.3 Å². The molecule has 3 aliphatic heterocycles. The maximum Gasteiger partial charge on any atom is 0.230 e. The number of hydrogen-bond donors (Lipinski definition) is 0. The minimum absolute atomic E-state index is 0.139. The highest BCUT2D eigenvalue weighted by Gasteiger charge is 2.65. The molecule has 0 aromatic carbocycles. The first-order valence-corrected chi connectivity index (χ1v) is 7.38. The molecule has 4 atom stereocenters. The van der Waals surface area contributed by atoms with Gasteiger partial charge in [0, 0.05) is 16.8 Å². The third kappa shape index (κ3) is 1.46. The summed E-state index contributed by atoms with van der Waals surface area (Å²) in [6, 6.07) is 3.90. The SMILES string of the molecule is O=C([O-])[C@H]1[C@H]2C=C[C@@]3(CN(Cc4cccs4)C(=O)[C@@H]13)O2. The molecule has 2 fully saturated rings. The monoisotopic (exact) mass is 290 g/mol. The Bertz CT molecular complexity index is 611. The molecule has 20 heavy (non-hydrogen) atoms. The van der Waals surface area contributed by atoms with Crippen molar-refractivity contribution in [1.82, 2.24) is 4.90 Å². The van der Waals surface area contributed by atoms with Crippen LogP contribution in [0, 0.1) is 11.8 Å². The number of thiophene rings is 1. The first-order valence-electron chi connectivity index (χ1n) is 6.50. The summed E-state index contributed by atoms with van der Waals surface area (Å²) in [5, 5.41) is 13.3. The second-order valence-corrected chi connectivity index (χ2v) is 6.52. The molecule has 6 heteroatoms. The van der Waals surface area contributed by atoms with E-state index in [0.717, 1.165) is 4.88 Å². The fourth-order valence-corrected chi connectivity index (χ4v) is 4.29. The lowest BCUT2D eigenvalue weighted by Crippen LogP contribution is -2.45. The standard InChI is InChI=1S/C14H13NO4S/c16-12-11-10(13(17)18)9-3-4-14(11,19-9)7-15(12)6-8-2-1-5-20-8/h1-5,9-11H,6-7H2,(H,17,18)/p-1/t9-,10+,11-,14+/m1/s1. The number of hydrogen-bond acceptors (Lipinski definition) is 5. The molecule has 4 rings (SSSR count). The van der Waals surface area contributed by atoms with E-state index < -0.39 is 29.5 Å². The van der Waals surface area contributed by atoms with Crippen molar-refractivity contribution in [3.05, 3.63) is 34.5 Å². The average Bonchev–Trinajstić information content (AvgIpc) is 3.12. The lowest BCUT2D eigenvalue weighted by atomic mass is 9.77. The van der Waals surface area contributed by atoms with E-state index in [-0.39, 0.29) is 5.91 Å². The third-order valence-electron chi connectivity index (χ3n) is 4.38. The first kappa shape index (κ1) is 12.1. The first-order chi connectivity index (χ1) is 9.61. The van der Waals surface area contributed by atoms with Gasteiger partial charge >= 0.3 is 0 Å². The largest absolute Gasteiger partial charge is 0.550 e. The number of carbonyl (C=O) groups excluding carboxylic acids is 2. The smallest absolute Gasteiger partial charge is 0.230 e.